The Morgan fingerprint density at radius 1 is 0.641 bits per heavy atom. The molecule has 2 aromatic heterocycles. The maximum Gasteiger partial charge on any atom is 0.162 e. The van der Waals surface area contributed by atoms with Crippen LogP contribution in [0, 0.1) is 0 Å². The van der Waals surface area contributed by atoms with Crippen LogP contribution in [0.25, 0.3) is 37.6 Å². The van der Waals surface area contributed by atoms with Gasteiger partial charge in [-0.25, -0.2) is 0 Å². The lowest BCUT2D eigenvalue weighted by molar-refractivity contribution is 0.617. The molecule has 39 heavy (non-hydrogen) atoms. The van der Waals surface area contributed by atoms with Crippen LogP contribution in [0.1, 0.15) is 17.3 Å². The van der Waals surface area contributed by atoms with E-state index in [4.69, 9.17) is 5.10 Å². The molecule has 0 spiro atoms. The first-order valence-corrected chi connectivity index (χ1v) is 14.0. The molecule has 0 fully saturated rings. The average molecular weight is 521 g/mol. The second-order valence-electron chi connectivity index (χ2n) is 9.81. The summed E-state index contributed by atoms with van der Waals surface area (Å²) in [5, 5.41) is 10.8. The van der Waals surface area contributed by atoms with Crippen LogP contribution in [0.3, 0.4) is 0 Å². The zero-order valence-electron chi connectivity index (χ0n) is 21.0. The monoisotopic (exact) mass is 520 g/mol. The van der Waals surface area contributed by atoms with Gasteiger partial charge in [0.2, 0.25) is 0 Å². The molecular formula is C34H24N4S. The molecule has 186 valence electrons. The van der Waals surface area contributed by atoms with Crippen molar-refractivity contribution in [2.45, 2.75) is 6.17 Å². The molecule has 1 aliphatic rings. The highest BCUT2D eigenvalue weighted by Gasteiger charge is 2.31. The van der Waals surface area contributed by atoms with Crippen LogP contribution in [0.15, 0.2) is 138 Å². The predicted molar refractivity (Wildman–Crippen MR) is 164 cm³/mol. The fraction of sp³-hybridized carbons (Fsp3) is 0.0294. The summed E-state index contributed by atoms with van der Waals surface area (Å²) < 4.78 is 3.69. The first-order valence-electron chi connectivity index (χ1n) is 13.1. The van der Waals surface area contributed by atoms with E-state index in [0.717, 1.165) is 22.8 Å². The summed E-state index contributed by atoms with van der Waals surface area (Å²) in [5.74, 6) is 0.911. The van der Waals surface area contributed by atoms with Crippen molar-refractivity contribution < 1.29 is 0 Å². The van der Waals surface area contributed by atoms with Gasteiger partial charge in [0, 0.05) is 32.4 Å². The SMILES string of the molecule is c1ccc(C2=NNC(c3ccccc3)N2c2ccc(-n3c4ccccc4c4cc5ccsc5cc43)cc2)cc1. The van der Waals surface area contributed by atoms with Crippen molar-refractivity contribution in [3.05, 3.63) is 144 Å². The average Bonchev–Trinajstić information content (AvgIpc) is 3.73. The number of rotatable bonds is 4. The number of fused-ring (bicyclic) bond motifs is 4. The summed E-state index contributed by atoms with van der Waals surface area (Å²) in [4.78, 5) is 2.29. The summed E-state index contributed by atoms with van der Waals surface area (Å²) in [6, 6.07) is 45.3. The molecule has 0 aliphatic carbocycles. The number of hydrogen-bond donors (Lipinski definition) is 1. The minimum Gasteiger partial charge on any atom is -0.309 e. The number of hydrogen-bond acceptors (Lipinski definition) is 4. The Morgan fingerprint density at radius 2 is 1.36 bits per heavy atom. The molecule has 4 nitrogen and oxygen atoms in total. The fourth-order valence-corrected chi connectivity index (χ4v) is 6.55. The molecule has 1 unspecified atom stereocenters. The van der Waals surface area contributed by atoms with E-state index in [9.17, 15) is 0 Å². The summed E-state index contributed by atoms with van der Waals surface area (Å²) in [6.45, 7) is 0. The van der Waals surface area contributed by atoms with Crippen LogP contribution < -0.4 is 10.3 Å². The fourth-order valence-electron chi connectivity index (χ4n) is 5.74. The third kappa shape index (κ3) is 3.55. The Bertz CT molecular complexity index is 1990. The lowest BCUT2D eigenvalue weighted by Crippen LogP contribution is -2.33. The van der Waals surface area contributed by atoms with Gasteiger partial charge in [0.1, 0.15) is 6.17 Å². The second kappa shape index (κ2) is 8.86. The zero-order valence-corrected chi connectivity index (χ0v) is 21.8. The Balaban J connectivity index is 1.27. The summed E-state index contributed by atoms with van der Waals surface area (Å²) >= 11 is 1.79. The van der Waals surface area contributed by atoms with Crippen LogP contribution in [0.4, 0.5) is 5.69 Å². The Hall–Kier alpha value is -4.87. The van der Waals surface area contributed by atoms with E-state index in [1.54, 1.807) is 11.3 Å². The molecule has 1 atom stereocenters. The largest absolute Gasteiger partial charge is 0.309 e. The van der Waals surface area contributed by atoms with Gasteiger partial charge in [0.15, 0.2) is 5.84 Å². The Kier molecular flexibility index (Phi) is 5.03. The number of nitrogens with one attached hydrogen (secondary N) is 1. The highest BCUT2D eigenvalue weighted by Crippen LogP contribution is 2.37. The number of para-hydroxylation sites is 1. The molecule has 7 aromatic rings. The normalized spacial score (nSPS) is 15.2. The van der Waals surface area contributed by atoms with Crippen molar-refractivity contribution in [3.8, 4) is 5.69 Å². The standard InChI is InChI=1S/C34H24N4S/c1-3-9-23(10-4-1)33-35-36-34(24-11-5-2-6-12-24)38(33)27-17-15-26(16-18-27)37-30-14-8-7-13-28(30)29-21-25-19-20-39-32(25)22-31(29)37/h1-22,33,35H. The Labute approximate surface area is 230 Å². The summed E-state index contributed by atoms with van der Waals surface area (Å²) in [5.41, 5.74) is 10.3. The number of anilines is 1. The summed E-state index contributed by atoms with van der Waals surface area (Å²) in [6.07, 6.45) is -0.0902. The van der Waals surface area contributed by atoms with Gasteiger partial charge in [-0.1, -0.05) is 78.9 Å². The highest BCUT2D eigenvalue weighted by molar-refractivity contribution is 7.17. The van der Waals surface area contributed by atoms with E-state index in [-0.39, 0.29) is 6.17 Å². The minimum absolute atomic E-state index is 0.0902. The maximum atomic E-state index is 4.79. The summed E-state index contributed by atoms with van der Waals surface area (Å²) in [7, 11) is 0. The molecule has 0 radical (unpaired) electrons. The minimum atomic E-state index is -0.0902. The van der Waals surface area contributed by atoms with Crippen molar-refractivity contribution in [1.29, 1.82) is 0 Å². The zero-order chi connectivity index (χ0) is 25.8. The molecule has 8 rings (SSSR count). The van der Waals surface area contributed by atoms with Gasteiger partial charge in [0.05, 0.1) is 11.0 Å². The van der Waals surface area contributed by atoms with E-state index in [1.165, 1.54) is 37.5 Å². The topological polar surface area (TPSA) is 32.6 Å². The van der Waals surface area contributed by atoms with Gasteiger partial charge in [-0.15, -0.1) is 11.3 Å². The van der Waals surface area contributed by atoms with Crippen molar-refractivity contribution in [2.24, 2.45) is 5.10 Å². The quantitative estimate of drug-likeness (QED) is 0.252. The van der Waals surface area contributed by atoms with E-state index in [1.807, 2.05) is 12.1 Å². The Morgan fingerprint density at radius 3 is 2.18 bits per heavy atom. The van der Waals surface area contributed by atoms with E-state index in [2.05, 4.69) is 136 Å². The number of benzene rings is 5. The van der Waals surface area contributed by atoms with Crippen molar-refractivity contribution >= 4 is 54.8 Å². The van der Waals surface area contributed by atoms with E-state index >= 15 is 0 Å². The van der Waals surface area contributed by atoms with Gasteiger partial charge >= 0.3 is 0 Å². The molecule has 1 aliphatic heterocycles. The third-order valence-electron chi connectivity index (χ3n) is 7.56. The number of hydrazone groups is 1. The molecule has 1 N–H and O–H groups in total. The van der Waals surface area contributed by atoms with Gasteiger partial charge in [-0.2, -0.15) is 5.10 Å². The molecule has 0 amide bonds. The molecule has 3 heterocycles. The molecule has 0 bridgehead atoms. The first-order chi connectivity index (χ1) is 19.3. The van der Waals surface area contributed by atoms with Crippen molar-refractivity contribution in [3.63, 3.8) is 0 Å². The predicted octanol–water partition coefficient (Wildman–Crippen LogP) is 8.47. The lowest BCUT2D eigenvalue weighted by atomic mass is 10.1. The van der Waals surface area contributed by atoms with Crippen LogP contribution in [0.5, 0.6) is 0 Å². The highest BCUT2D eigenvalue weighted by atomic mass is 32.1. The van der Waals surface area contributed by atoms with Crippen LogP contribution >= 0.6 is 11.3 Å². The molecule has 0 saturated heterocycles. The van der Waals surface area contributed by atoms with Crippen molar-refractivity contribution in [2.75, 3.05) is 4.90 Å². The van der Waals surface area contributed by atoms with Gasteiger partial charge in [0.25, 0.3) is 0 Å². The lowest BCUT2D eigenvalue weighted by Gasteiger charge is -2.28. The first kappa shape index (κ1) is 22.1. The van der Waals surface area contributed by atoms with Crippen molar-refractivity contribution in [1.82, 2.24) is 9.99 Å². The van der Waals surface area contributed by atoms with E-state index < -0.39 is 0 Å². The molecule has 0 saturated carbocycles. The number of thiophene rings is 1. The third-order valence-corrected chi connectivity index (χ3v) is 8.44. The van der Waals surface area contributed by atoms with Gasteiger partial charge < -0.3 is 4.57 Å². The molecular weight excluding hydrogens is 496 g/mol. The second-order valence-corrected chi connectivity index (χ2v) is 10.8. The van der Waals surface area contributed by atoms with Gasteiger partial charge in [-0.05, 0) is 64.9 Å². The van der Waals surface area contributed by atoms with Gasteiger partial charge in [-0.3, -0.25) is 10.3 Å². The number of nitrogens with zero attached hydrogens (tertiary/aromatic N) is 3. The number of aromatic nitrogens is 1. The molecule has 5 heteroatoms. The maximum absolute atomic E-state index is 4.79. The van der Waals surface area contributed by atoms with Crippen LogP contribution in [-0.4, -0.2) is 10.4 Å². The number of amidine groups is 1. The van der Waals surface area contributed by atoms with Crippen LogP contribution in [-0.2, 0) is 0 Å². The molecule has 5 aromatic carbocycles. The van der Waals surface area contributed by atoms with E-state index in [0.29, 0.717) is 0 Å². The van der Waals surface area contributed by atoms with Crippen LogP contribution in [0.2, 0.25) is 0 Å². The smallest absolute Gasteiger partial charge is 0.162 e.